The Hall–Kier alpha value is -2.37. The molecule has 0 bridgehead atoms. The van der Waals surface area contributed by atoms with Gasteiger partial charge in [0.15, 0.2) is 5.78 Å². The summed E-state index contributed by atoms with van der Waals surface area (Å²) in [5, 5.41) is 3.50. The minimum atomic E-state index is -0.146. The number of ketones is 1. The molecule has 0 aliphatic carbocycles. The summed E-state index contributed by atoms with van der Waals surface area (Å²) >= 11 is 5.82. The zero-order chi connectivity index (χ0) is 19.8. The third-order valence-corrected chi connectivity index (χ3v) is 4.59. The number of nitrogens with zero attached hydrogens (tertiary/aromatic N) is 1. The van der Waals surface area contributed by atoms with Crippen molar-refractivity contribution >= 4 is 23.3 Å². The van der Waals surface area contributed by atoms with Crippen LogP contribution in [0.25, 0.3) is 0 Å². The van der Waals surface area contributed by atoms with Crippen molar-refractivity contribution in [3.63, 3.8) is 0 Å². The first kappa shape index (κ1) is 20.9. The van der Waals surface area contributed by atoms with Crippen molar-refractivity contribution in [2.24, 2.45) is 0 Å². The van der Waals surface area contributed by atoms with Gasteiger partial charge in [-0.05, 0) is 56.1 Å². The van der Waals surface area contributed by atoms with Crippen molar-refractivity contribution in [3.8, 4) is 5.75 Å². The SMILES string of the molecule is COc1cccc(C(CNC(=O)CCC(=O)c2ccc(Cl)cc2)N(C)C)c1. The molecule has 0 heterocycles. The number of hydrogen-bond donors (Lipinski definition) is 1. The number of amides is 1. The molecule has 1 unspecified atom stereocenters. The van der Waals surface area contributed by atoms with Gasteiger partial charge < -0.3 is 15.0 Å². The highest BCUT2D eigenvalue weighted by Gasteiger charge is 2.16. The molecular formula is C21H25ClN2O3. The van der Waals surface area contributed by atoms with E-state index in [1.165, 1.54) is 0 Å². The van der Waals surface area contributed by atoms with Crippen LogP contribution in [0.3, 0.4) is 0 Å². The van der Waals surface area contributed by atoms with Crippen LogP contribution in [0, 0.1) is 0 Å². The summed E-state index contributed by atoms with van der Waals surface area (Å²) in [5.74, 6) is 0.560. The van der Waals surface area contributed by atoms with Gasteiger partial charge in [-0.2, -0.15) is 0 Å². The Morgan fingerprint density at radius 2 is 1.81 bits per heavy atom. The van der Waals surface area contributed by atoms with Gasteiger partial charge in [0.1, 0.15) is 5.75 Å². The summed E-state index contributed by atoms with van der Waals surface area (Å²) in [6.45, 7) is 0.453. The van der Waals surface area contributed by atoms with Crippen LogP contribution in [0.5, 0.6) is 5.75 Å². The van der Waals surface area contributed by atoms with Crippen LogP contribution in [0.15, 0.2) is 48.5 Å². The lowest BCUT2D eigenvalue weighted by molar-refractivity contribution is -0.121. The van der Waals surface area contributed by atoms with Crippen LogP contribution >= 0.6 is 11.6 Å². The maximum Gasteiger partial charge on any atom is 0.220 e. The van der Waals surface area contributed by atoms with E-state index in [9.17, 15) is 9.59 Å². The quantitative estimate of drug-likeness (QED) is 0.665. The van der Waals surface area contributed by atoms with Crippen molar-refractivity contribution < 1.29 is 14.3 Å². The average Bonchev–Trinajstić information content (AvgIpc) is 2.66. The molecule has 2 aromatic carbocycles. The molecule has 0 aromatic heterocycles. The van der Waals surface area contributed by atoms with Crippen molar-refractivity contribution in [3.05, 3.63) is 64.7 Å². The number of rotatable bonds is 9. The highest BCUT2D eigenvalue weighted by atomic mass is 35.5. The minimum Gasteiger partial charge on any atom is -0.497 e. The molecule has 0 fully saturated rings. The molecule has 1 N–H and O–H groups in total. The normalized spacial score (nSPS) is 11.9. The largest absolute Gasteiger partial charge is 0.497 e. The van der Waals surface area contributed by atoms with Gasteiger partial charge in [0.05, 0.1) is 13.2 Å². The smallest absolute Gasteiger partial charge is 0.220 e. The lowest BCUT2D eigenvalue weighted by atomic mass is 10.0. The first-order valence-corrected chi connectivity index (χ1v) is 9.14. The van der Waals surface area contributed by atoms with Gasteiger partial charge in [0.25, 0.3) is 0 Å². The number of nitrogens with one attached hydrogen (secondary N) is 1. The molecule has 2 rings (SSSR count). The molecule has 0 spiro atoms. The Balaban J connectivity index is 1.88. The number of likely N-dealkylation sites (N-methyl/N-ethyl adjacent to an activating group) is 1. The molecule has 5 nitrogen and oxygen atoms in total. The molecule has 0 saturated heterocycles. The zero-order valence-corrected chi connectivity index (χ0v) is 16.6. The van der Waals surface area contributed by atoms with Gasteiger partial charge in [-0.25, -0.2) is 0 Å². The molecule has 1 atom stereocenters. The van der Waals surface area contributed by atoms with Gasteiger partial charge in [0.2, 0.25) is 5.91 Å². The van der Waals surface area contributed by atoms with Gasteiger partial charge in [-0.1, -0.05) is 23.7 Å². The van der Waals surface area contributed by atoms with Gasteiger partial charge >= 0.3 is 0 Å². The van der Waals surface area contributed by atoms with Crippen LogP contribution in [-0.2, 0) is 4.79 Å². The molecule has 0 aliphatic rings. The molecule has 144 valence electrons. The number of carbonyl (C=O) groups excluding carboxylic acids is 2. The molecule has 2 aromatic rings. The van der Waals surface area contributed by atoms with Crippen molar-refractivity contribution in [1.29, 1.82) is 0 Å². The highest BCUT2D eigenvalue weighted by molar-refractivity contribution is 6.30. The topological polar surface area (TPSA) is 58.6 Å². The van der Waals surface area contributed by atoms with Crippen LogP contribution in [0.2, 0.25) is 5.02 Å². The van der Waals surface area contributed by atoms with Crippen LogP contribution in [0.1, 0.15) is 34.8 Å². The Kier molecular flexibility index (Phi) is 7.82. The average molecular weight is 389 g/mol. The molecule has 0 saturated carbocycles. The van der Waals surface area contributed by atoms with Crippen LogP contribution in [-0.4, -0.2) is 44.3 Å². The van der Waals surface area contributed by atoms with E-state index >= 15 is 0 Å². The highest BCUT2D eigenvalue weighted by Crippen LogP contribution is 2.22. The standard InChI is InChI=1S/C21H25ClN2O3/c1-24(2)19(16-5-4-6-18(13-16)27-3)14-23-21(26)12-11-20(25)15-7-9-17(22)10-8-15/h4-10,13,19H,11-12,14H2,1-3H3,(H,23,26). The Morgan fingerprint density at radius 3 is 2.44 bits per heavy atom. The summed E-state index contributed by atoms with van der Waals surface area (Å²) in [7, 11) is 5.55. The number of ether oxygens (including phenoxy) is 1. The third-order valence-electron chi connectivity index (χ3n) is 4.34. The molecule has 27 heavy (non-hydrogen) atoms. The van der Waals surface area contributed by atoms with Gasteiger partial charge in [0, 0.05) is 30.0 Å². The lowest BCUT2D eigenvalue weighted by Crippen LogP contribution is -2.34. The first-order chi connectivity index (χ1) is 12.9. The summed E-state index contributed by atoms with van der Waals surface area (Å²) in [6.07, 6.45) is 0.318. The van der Waals surface area contributed by atoms with Crippen LogP contribution in [0.4, 0.5) is 0 Å². The number of hydrogen-bond acceptors (Lipinski definition) is 4. The van der Waals surface area contributed by atoms with Crippen molar-refractivity contribution in [2.75, 3.05) is 27.7 Å². The molecular weight excluding hydrogens is 364 g/mol. The van der Waals surface area contributed by atoms with Crippen molar-refractivity contribution in [2.45, 2.75) is 18.9 Å². The fourth-order valence-electron chi connectivity index (χ4n) is 2.75. The second-order valence-electron chi connectivity index (χ2n) is 6.49. The monoisotopic (exact) mass is 388 g/mol. The van der Waals surface area contributed by atoms with Gasteiger partial charge in [-0.15, -0.1) is 0 Å². The van der Waals surface area contributed by atoms with E-state index in [0.29, 0.717) is 17.1 Å². The van der Waals surface area contributed by atoms with E-state index in [4.69, 9.17) is 16.3 Å². The second kappa shape index (κ2) is 10.1. The second-order valence-corrected chi connectivity index (χ2v) is 6.93. The number of methoxy groups -OCH3 is 1. The van der Waals surface area contributed by atoms with E-state index in [1.807, 2.05) is 43.3 Å². The maximum atomic E-state index is 12.2. The van der Waals surface area contributed by atoms with Crippen LogP contribution < -0.4 is 10.1 Å². The van der Waals surface area contributed by atoms with E-state index in [-0.39, 0.29) is 30.6 Å². The predicted molar refractivity (Wildman–Crippen MR) is 107 cm³/mol. The summed E-state index contributed by atoms with van der Waals surface area (Å²) in [4.78, 5) is 26.4. The molecule has 0 radical (unpaired) electrons. The van der Waals surface area contributed by atoms with E-state index in [2.05, 4.69) is 5.32 Å². The third kappa shape index (κ3) is 6.38. The summed E-state index contributed by atoms with van der Waals surface area (Å²) in [6, 6.07) is 14.5. The summed E-state index contributed by atoms with van der Waals surface area (Å²) in [5.41, 5.74) is 1.62. The fraction of sp³-hybridized carbons (Fsp3) is 0.333. The molecule has 0 aliphatic heterocycles. The van der Waals surface area contributed by atoms with Gasteiger partial charge in [-0.3, -0.25) is 9.59 Å². The number of benzene rings is 2. The van der Waals surface area contributed by atoms with Crippen molar-refractivity contribution in [1.82, 2.24) is 10.2 Å². The Bertz CT molecular complexity index is 775. The molecule has 1 amide bonds. The van der Waals surface area contributed by atoms with E-state index in [0.717, 1.165) is 11.3 Å². The Morgan fingerprint density at radius 1 is 1.11 bits per heavy atom. The fourth-order valence-corrected chi connectivity index (χ4v) is 2.88. The molecule has 6 heteroatoms. The lowest BCUT2D eigenvalue weighted by Gasteiger charge is -2.25. The minimum absolute atomic E-state index is 0.0102. The first-order valence-electron chi connectivity index (χ1n) is 8.76. The zero-order valence-electron chi connectivity index (χ0n) is 15.9. The number of Topliss-reactive ketones (excluding diaryl/α,β-unsaturated/α-hetero) is 1. The van der Waals surface area contributed by atoms with E-state index in [1.54, 1.807) is 31.4 Å². The number of carbonyl (C=O) groups is 2. The maximum absolute atomic E-state index is 12.2. The Labute approximate surface area is 165 Å². The summed E-state index contributed by atoms with van der Waals surface area (Å²) < 4.78 is 5.27. The van der Waals surface area contributed by atoms with E-state index < -0.39 is 0 Å². The number of halogens is 1. The predicted octanol–water partition coefficient (Wildman–Crippen LogP) is 3.73.